The molecule has 0 saturated carbocycles. The molecule has 53 heavy (non-hydrogen) atoms. The van der Waals surface area contributed by atoms with E-state index in [-0.39, 0.29) is 17.0 Å². The van der Waals surface area contributed by atoms with E-state index in [4.69, 9.17) is 22.3 Å². The van der Waals surface area contributed by atoms with Crippen LogP contribution in [0.25, 0.3) is 27.0 Å². The molecule has 5 heterocycles. The summed E-state index contributed by atoms with van der Waals surface area (Å²) in [6, 6.07) is 19.5. The first-order valence-electron chi connectivity index (χ1n) is 19.4. The largest absolute Gasteiger partial charge is 0.323 e. The Kier molecular flexibility index (Phi) is 9.68. The van der Waals surface area contributed by atoms with E-state index in [1.807, 2.05) is 11.6 Å². The third kappa shape index (κ3) is 6.69. The van der Waals surface area contributed by atoms with E-state index in [9.17, 15) is 4.79 Å². The van der Waals surface area contributed by atoms with E-state index < -0.39 is 5.41 Å². The van der Waals surface area contributed by atoms with E-state index in [0.29, 0.717) is 16.3 Å². The zero-order chi connectivity index (χ0) is 37.2. The van der Waals surface area contributed by atoms with Crippen LogP contribution in [0.2, 0.25) is 5.02 Å². The highest BCUT2D eigenvalue weighted by atomic mass is 35.5. The zero-order valence-corrected chi connectivity index (χ0v) is 33.7. The average molecular weight is 749 g/mol. The number of nitrogens with two attached hydrogens (primary N) is 1. The number of benzene rings is 3. The Balaban J connectivity index is 0.914. The Morgan fingerprint density at radius 1 is 0.962 bits per heavy atom. The van der Waals surface area contributed by atoms with Crippen LogP contribution >= 0.6 is 22.9 Å². The Bertz CT molecular complexity index is 2200. The minimum absolute atomic E-state index is 0.0213. The second-order valence-corrected chi connectivity index (χ2v) is 18.6. The summed E-state index contributed by atoms with van der Waals surface area (Å²) < 4.78 is 2.26. The molecule has 8 rings (SSSR count). The second kappa shape index (κ2) is 14.0. The predicted molar refractivity (Wildman–Crippen MR) is 220 cm³/mol. The quantitative estimate of drug-likeness (QED) is 0.179. The minimum Gasteiger partial charge on any atom is -0.323 e. The molecule has 5 aromatic rings. The van der Waals surface area contributed by atoms with Crippen molar-refractivity contribution >= 4 is 33.8 Å². The first kappa shape index (κ1) is 36.6. The topological polar surface area (TPSA) is 80.3 Å². The van der Waals surface area contributed by atoms with Crippen LogP contribution in [0, 0.1) is 12.8 Å². The van der Waals surface area contributed by atoms with Gasteiger partial charge in [0.25, 0.3) is 5.56 Å². The Hall–Kier alpha value is -3.40. The van der Waals surface area contributed by atoms with Crippen LogP contribution in [-0.2, 0) is 10.8 Å². The molecule has 1 atom stereocenters. The summed E-state index contributed by atoms with van der Waals surface area (Å²) in [5.74, 6) is 2.02. The first-order chi connectivity index (χ1) is 25.3. The third-order valence-electron chi connectivity index (χ3n) is 12.3. The van der Waals surface area contributed by atoms with Crippen LogP contribution in [0.3, 0.4) is 0 Å². The summed E-state index contributed by atoms with van der Waals surface area (Å²) in [4.78, 5) is 29.3. The fourth-order valence-corrected chi connectivity index (χ4v) is 10.5. The van der Waals surface area contributed by atoms with E-state index in [0.717, 1.165) is 79.8 Å². The van der Waals surface area contributed by atoms with Crippen molar-refractivity contribution in [3.05, 3.63) is 109 Å². The Labute approximate surface area is 323 Å². The lowest BCUT2D eigenvalue weighted by molar-refractivity contribution is 0.123. The molecule has 0 spiro atoms. The molecule has 9 heteroatoms. The first-order valence-corrected chi connectivity index (χ1v) is 20.7. The summed E-state index contributed by atoms with van der Waals surface area (Å²) in [6.07, 6.45) is 4.75. The lowest BCUT2D eigenvalue weighted by Crippen LogP contribution is -2.43. The smallest absolute Gasteiger partial charge is 0.282 e. The van der Waals surface area contributed by atoms with Gasteiger partial charge in [0.1, 0.15) is 5.82 Å². The van der Waals surface area contributed by atoms with Gasteiger partial charge in [0.2, 0.25) is 0 Å². The van der Waals surface area contributed by atoms with Crippen molar-refractivity contribution in [3.8, 4) is 16.1 Å². The number of piperidine rings is 2. The van der Waals surface area contributed by atoms with Crippen molar-refractivity contribution in [1.82, 2.24) is 24.3 Å². The molecule has 3 aliphatic heterocycles. The molecule has 2 saturated heterocycles. The van der Waals surface area contributed by atoms with Crippen molar-refractivity contribution in [3.63, 3.8) is 0 Å². The molecule has 0 unspecified atom stereocenters. The SMILES string of the molecule is Cc1ncsc1-c1ccc([C@@H](N)CN2CCC(CN3CCC(c4cccc5c4C(C)(C)c4nc(=O)c6c(Cl)ccc(C(C)(C)C)c6n4-5)CC3)CC2)cc1. The van der Waals surface area contributed by atoms with Gasteiger partial charge in [-0.15, -0.1) is 11.3 Å². The van der Waals surface area contributed by atoms with Gasteiger partial charge in [-0.1, -0.05) is 74.8 Å². The van der Waals surface area contributed by atoms with E-state index in [2.05, 4.69) is 109 Å². The van der Waals surface area contributed by atoms with Crippen molar-refractivity contribution in [2.75, 3.05) is 39.3 Å². The number of fused-ring (bicyclic) bond motifs is 5. The van der Waals surface area contributed by atoms with Crippen LogP contribution in [0.15, 0.2) is 64.9 Å². The van der Waals surface area contributed by atoms with E-state index in [1.165, 1.54) is 46.5 Å². The fourth-order valence-electron chi connectivity index (χ4n) is 9.43. The molecule has 278 valence electrons. The molecule has 0 bridgehead atoms. The molecule has 0 aliphatic carbocycles. The van der Waals surface area contributed by atoms with Crippen molar-refractivity contribution < 1.29 is 0 Å². The lowest BCUT2D eigenvalue weighted by atomic mass is 9.76. The van der Waals surface area contributed by atoms with Gasteiger partial charge in [-0.25, -0.2) is 4.98 Å². The van der Waals surface area contributed by atoms with Gasteiger partial charge in [0.05, 0.1) is 43.1 Å². The van der Waals surface area contributed by atoms with Crippen LogP contribution in [-0.4, -0.2) is 63.6 Å². The number of thiazole rings is 1. The third-order valence-corrected chi connectivity index (χ3v) is 13.6. The number of likely N-dealkylation sites (tertiary alicyclic amines) is 2. The minimum atomic E-state index is -0.408. The number of aromatic nitrogens is 3. The number of aryl methyl sites for hydroxylation is 1. The summed E-state index contributed by atoms with van der Waals surface area (Å²) in [5.41, 5.74) is 17.2. The zero-order valence-electron chi connectivity index (χ0n) is 32.1. The average Bonchev–Trinajstić information content (AvgIpc) is 3.66. The highest BCUT2D eigenvalue weighted by Crippen LogP contribution is 2.49. The second-order valence-electron chi connectivity index (χ2n) is 17.3. The summed E-state index contributed by atoms with van der Waals surface area (Å²) in [5, 5.41) is 0.987. The molecule has 2 fully saturated rings. The Morgan fingerprint density at radius 3 is 2.32 bits per heavy atom. The van der Waals surface area contributed by atoms with Gasteiger partial charge < -0.3 is 15.5 Å². The number of halogens is 1. The normalized spacial score (nSPS) is 19.1. The van der Waals surface area contributed by atoms with Crippen LogP contribution in [0.4, 0.5) is 0 Å². The molecule has 2 aromatic heterocycles. The lowest BCUT2D eigenvalue weighted by Gasteiger charge is -2.39. The number of nitrogens with zero attached hydrogens (tertiary/aromatic N) is 5. The molecule has 7 nitrogen and oxygen atoms in total. The van der Waals surface area contributed by atoms with Crippen LogP contribution < -0.4 is 11.3 Å². The Morgan fingerprint density at radius 2 is 1.66 bits per heavy atom. The van der Waals surface area contributed by atoms with Gasteiger partial charge in [0.15, 0.2) is 0 Å². The van der Waals surface area contributed by atoms with Gasteiger partial charge in [-0.05, 0) is 130 Å². The monoisotopic (exact) mass is 748 g/mol. The van der Waals surface area contributed by atoms with E-state index >= 15 is 0 Å². The maximum absolute atomic E-state index is 13.6. The molecular weight excluding hydrogens is 696 g/mol. The van der Waals surface area contributed by atoms with Gasteiger partial charge in [0, 0.05) is 19.1 Å². The molecule has 3 aromatic carbocycles. The van der Waals surface area contributed by atoms with Crippen LogP contribution in [0.5, 0.6) is 0 Å². The summed E-state index contributed by atoms with van der Waals surface area (Å²) >= 11 is 8.42. The highest BCUT2D eigenvalue weighted by Gasteiger charge is 2.42. The number of rotatable bonds is 7. The number of hydrogen-bond acceptors (Lipinski definition) is 7. The van der Waals surface area contributed by atoms with Crippen molar-refractivity contribution in [1.29, 1.82) is 0 Å². The predicted octanol–water partition coefficient (Wildman–Crippen LogP) is 9.00. The summed E-state index contributed by atoms with van der Waals surface area (Å²) in [6.45, 7) is 19.7. The van der Waals surface area contributed by atoms with Crippen LogP contribution in [0.1, 0.15) is 106 Å². The highest BCUT2D eigenvalue weighted by molar-refractivity contribution is 7.13. The van der Waals surface area contributed by atoms with Gasteiger partial charge >= 0.3 is 0 Å². The van der Waals surface area contributed by atoms with Gasteiger partial charge in [-0.3, -0.25) is 9.36 Å². The van der Waals surface area contributed by atoms with Crippen molar-refractivity contribution in [2.45, 2.75) is 90.0 Å². The number of hydrogen-bond donors (Lipinski definition) is 1. The van der Waals surface area contributed by atoms with E-state index in [1.54, 1.807) is 11.3 Å². The standard InChI is InChI=1S/C44H53ClN6OS/c1-27-40(53-26-47-27)31-12-10-30(11-13-31)35(46)25-50-20-16-28(17-21-50)24-49-22-18-29(19-23-49)32-8-7-9-36-38(32)44(5,6)42-48-41(52)37-34(45)15-14-33(43(2,3)4)39(37)51(36)42/h7-15,26,28-29,35H,16-25,46H2,1-6H3/t35-/m0/s1. The molecule has 0 radical (unpaired) electrons. The molecule has 2 N–H and O–H groups in total. The summed E-state index contributed by atoms with van der Waals surface area (Å²) in [7, 11) is 0. The fraction of sp³-hybridized carbons (Fsp3) is 0.477. The maximum Gasteiger partial charge on any atom is 0.282 e. The maximum atomic E-state index is 13.6. The molecular formula is C44H53ClN6OS. The van der Waals surface area contributed by atoms with Gasteiger partial charge in [-0.2, -0.15) is 4.98 Å². The molecule has 3 aliphatic rings. The van der Waals surface area contributed by atoms with Crippen molar-refractivity contribution in [2.24, 2.45) is 11.7 Å². The molecule has 0 amide bonds.